The molecular formula is C14H19N3O. The topological polar surface area (TPSA) is 46.4 Å². The number of pyridine rings is 1. The summed E-state index contributed by atoms with van der Waals surface area (Å²) in [6.45, 7) is 4.63. The predicted molar refractivity (Wildman–Crippen MR) is 71.3 cm³/mol. The van der Waals surface area contributed by atoms with Crippen molar-refractivity contribution in [2.45, 2.75) is 39.7 Å². The number of nitrogens with one attached hydrogen (secondary N) is 1. The summed E-state index contributed by atoms with van der Waals surface area (Å²) < 4.78 is 2.04. The molecule has 0 saturated carbocycles. The highest BCUT2D eigenvalue weighted by Crippen LogP contribution is 2.08. The third-order valence-electron chi connectivity index (χ3n) is 2.97. The number of fused-ring (bicyclic) bond motifs is 1. The van der Waals surface area contributed by atoms with Gasteiger partial charge in [0, 0.05) is 18.3 Å². The van der Waals surface area contributed by atoms with Gasteiger partial charge in [0.25, 0.3) is 0 Å². The van der Waals surface area contributed by atoms with Crippen LogP contribution in [0.25, 0.3) is 5.65 Å². The Labute approximate surface area is 107 Å². The zero-order valence-electron chi connectivity index (χ0n) is 10.9. The number of aryl methyl sites for hydroxylation is 1. The van der Waals surface area contributed by atoms with Gasteiger partial charge < -0.3 is 9.72 Å². The quantitative estimate of drug-likeness (QED) is 0.879. The van der Waals surface area contributed by atoms with Crippen LogP contribution in [-0.4, -0.2) is 15.3 Å². The molecule has 0 unspecified atom stereocenters. The minimum absolute atomic E-state index is 0.102. The lowest BCUT2D eigenvalue weighted by Crippen LogP contribution is -2.22. The van der Waals surface area contributed by atoms with E-state index >= 15 is 0 Å². The molecule has 0 spiro atoms. The molecule has 4 heteroatoms. The van der Waals surface area contributed by atoms with Crippen molar-refractivity contribution in [3.8, 4) is 0 Å². The van der Waals surface area contributed by atoms with Crippen molar-refractivity contribution in [2.24, 2.45) is 0 Å². The molecule has 0 aliphatic rings. The number of carbonyl (C=O) groups excluding carboxylic acids is 1. The van der Waals surface area contributed by atoms with Crippen LogP contribution in [0.5, 0.6) is 0 Å². The van der Waals surface area contributed by atoms with Crippen LogP contribution in [0.2, 0.25) is 0 Å². The number of unbranched alkanes of at least 4 members (excludes halogenated alkanes) is 1. The van der Waals surface area contributed by atoms with Gasteiger partial charge in [0.05, 0.1) is 12.2 Å². The van der Waals surface area contributed by atoms with Crippen molar-refractivity contribution in [2.75, 3.05) is 0 Å². The summed E-state index contributed by atoms with van der Waals surface area (Å²) in [5, 5.41) is 2.90. The second-order valence-corrected chi connectivity index (χ2v) is 4.51. The van der Waals surface area contributed by atoms with E-state index in [-0.39, 0.29) is 5.91 Å². The summed E-state index contributed by atoms with van der Waals surface area (Å²) in [7, 11) is 0. The number of carbonyl (C=O) groups is 1. The number of nitrogens with zero attached hydrogens (tertiary/aromatic N) is 2. The maximum absolute atomic E-state index is 11.5. The molecular weight excluding hydrogens is 226 g/mol. The lowest BCUT2D eigenvalue weighted by molar-refractivity contribution is -0.121. The molecule has 0 atom stereocenters. The van der Waals surface area contributed by atoms with Gasteiger partial charge in [0.2, 0.25) is 5.91 Å². The predicted octanol–water partition coefficient (Wildman–Crippen LogP) is 2.45. The van der Waals surface area contributed by atoms with Crippen LogP contribution in [0.3, 0.4) is 0 Å². The van der Waals surface area contributed by atoms with Gasteiger partial charge >= 0.3 is 0 Å². The average molecular weight is 245 g/mol. The maximum Gasteiger partial charge on any atom is 0.220 e. The summed E-state index contributed by atoms with van der Waals surface area (Å²) in [6.07, 6.45) is 4.56. The van der Waals surface area contributed by atoms with Crippen molar-refractivity contribution in [3.05, 3.63) is 35.8 Å². The fourth-order valence-electron chi connectivity index (χ4n) is 1.90. The van der Waals surface area contributed by atoms with Crippen molar-refractivity contribution in [1.29, 1.82) is 0 Å². The molecule has 4 nitrogen and oxygen atoms in total. The molecule has 0 aromatic carbocycles. The van der Waals surface area contributed by atoms with Gasteiger partial charge in [-0.2, -0.15) is 0 Å². The lowest BCUT2D eigenvalue weighted by Gasteiger charge is -2.01. The lowest BCUT2D eigenvalue weighted by atomic mass is 10.2. The highest BCUT2D eigenvalue weighted by Gasteiger charge is 2.05. The Balaban J connectivity index is 2.00. The minimum Gasteiger partial charge on any atom is -0.350 e. The largest absolute Gasteiger partial charge is 0.350 e. The number of hydrogen-bond donors (Lipinski definition) is 1. The summed E-state index contributed by atoms with van der Waals surface area (Å²) in [4.78, 5) is 16.0. The van der Waals surface area contributed by atoms with Crippen molar-refractivity contribution >= 4 is 11.6 Å². The van der Waals surface area contributed by atoms with Crippen LogP contribution in [-0.2, 0) is 11.3 Å². The molecule has 0 aliphatic carbocycles. The van der Waals surface area contributed by atoms with Crippen molar-refractivity contribution in [3.63, 3.8) is 0 Å². The Morgan fingerprint density at radius 1 is 1.44 bits per heavy atom. The van der Waals surface area contributed by atoms with E-state index < -0.39 is 0 Å². The molecule has 2 aromatic rings. The summed E-state index contributed by atoms with van der Waals surface area (Å²) in [6, 6.07) is 6.00. The molecule has 0 aliphatic heterocycles. The Hall–Kier alpha value is -1.84. The van der Waals surface area contributed by atoms with Crippen LogP contribution in [0, 0.1) is 6.92 Å². The highest BCUT2D eigenvalue weighted by atomic mass is 16.1. The number of rotatable bonds is 5. The summed E-state index contributed by atoms with van der Waals surface area (Å²) >= 11 is 0. The monoisotopic (exact) mass is 245 g/mol. The van der Waals surface area contributed by atoms with Crippen LogP contribution in [0.4, 0.5) is 0 Å². The van der Waals surface area contributed by atoms with Crippen molar-refractivity contribution in [1.82, 2.24) is 14.7 Å². The van der Waals surface area contributed by atoms with E-state index in [0.717, 1.165) is 29.9 Å². The first-order chi connectivity index (χ1) is 8.70. The Morgan fingerprint density at radius 3 is 3.00 bits per heavy atom. The molecule has 2 aromatic heterocycles. The minimum atomic E-state index is 0.102. The van der Waals surface area contributed by atoms with E-state index in [1.807, 2.05) is 35.7 Å². The normalized spacial score (nSPS) is 10.8. The summed E-state index contributed by atoms with van der Waals surface area (Å²) in [5.41, 5.74) is 2.96. The third-order valence-corrected chi connectivity index (χ3v) is 2.97. The smallest absolute Gasteiger partial charge is 0.220 e. The van der Waals surface area contributed by atoms with Crippen LogP contribution in [0.1, 0.15) is 37.6 Å². The molecule has 0 fully saturated rings. The zero-order valence-corrected chi connectivity index (χ0v) is 10.9. The maximum atomic E-state index is 11.5. The van der Waals surface area contributed by atoms with E-state index in [0.29, 0.717) is 13.0 Å². The zero-order chi connectivity index (χ0) is 13.0. The van der Waals surface area contributed by atoms with E-state index in [1.54, 1.807) is 0 Å². The molecule has 0 saturated heterocycles. The first-order valence-electron chi connectivity index (χ1n) is 6.41. The Bertz CT molecular complexity index is 545. The van der Waals surface area contributed by atoms with E-state index in [4.69, 9.17) is 0 Å². The fraction of sp³-hybridized carbons (Fsp3) is 0.429. The number of aromatic nitrogens is 2. The fourth-order valence-corrected chi connectivity index (χ4v) is 1.90. The van der Waals surface area contributed by atoms with E-state index in [9.17, 15) is 4.79 Å². The average Bonchev–Trinajstić information content (AvgIpc) is 2.78. The molecule has 0 bridgehead atoms. The SMILES string of the molecule is CCCCC(=O)NCc1cn2c(C)cccc2n1. The molecule has 1 amide bonds. The second kappa shape index (κ2) is 5.67. The molecule has 0 radical (unpaired) electrons. The number of imidazole rings is 1. The molecule has 2 rings (SSSR count). The standard InChI is InChI=1S/C14H19N3O/c1-3-4-8-14(18)15-9-12-10-17-11(2)6-5-7-13(17)16-12/h5-7,10H,3-4,8-9H2,1-2H3,(H,15,18). The second-order valence-electron chi connectivity index (χ2n) is 4.51. The van der Waals surface area contributed by atoms with Gasteiger partial charge in [-0.15, -0.1) is 0 Å². The van der Waals surface area contributed by atoms with Crippen molar-refractivity contribution < 1.29 is 4.79 Å². The van der Waals surface area contributed by atoms with Crippen LogP contribution in [0.15, 0.2) is 24.4 Å². The molecule has 18 heavy (non-hydrogen) atoms. The van der Waals surface area contributed by atoms with Gasteiger partial charge in [-0.25, -0.2) is 4.98 Å². The van der Waals surface area contributed by atoms with Gasteiger partial charge in [-0.3, -0.25) is 4.79 Å². The van der Waals surface area contributed by atoms with Gasteiger partial charge in [0.15, 0.2) is 0 Å². The van der Waals surface area contributed by atoms with Crippen LogP contribution < -0.4 is 5.32 Å². The van der Waals surface area contributed by atoms with Gasteiger partial charge in [-0.05, 0) is 25.5 Å². The molecule has 2 heterocycles. The van der Waals surface area contributed by atoms with E-state index in [2.05, 4.69) is 17.2 Å². The molecule has 96 valence electrons. The molecule has 1 N–H and O–H groups in total. The number of amides is 1. The van der Waals surface area contributed by atoms with Gasteiger partial charge in [0.1, 0.15) is 5.65 Å². The first kappa shape index (κ1) is 12.6. The Morgan fingerprint density at radius 2 is 2.28 bits per heavy atom. The van der Waals surface area contributed by atoms with E-state index in [1.165, 1.54) is 0 Å². The van der Waals surface area contributed by atoms with Crippen LogP contribution >= 0.6 is 0 Å². The first-order valence-corrected chi connectivity index (χ1v) is 6.41. The number of hydrogen-bond acceptors (Lipinski definition) is 2. The Kier molecular flexibility index (Phi) is 3.97. The summed E-state index contributed by atoms with van der Waals surface area (Å²) in [5.74, 6) is 0.102. The van der Waals surface area contributed by atoms with Gasteiger partial charge in [-0.1, -0.05) is 19.4 Å². The third kappa shape index (κ3) is 2.88. The highest BCUT2D eigenvalue weighted by molar-refractivity contribution is 5.75.